The first kappa shape index (κ1) is 28.8. The number of hydrogen-bond donors (Lipinski definition) is 2. The molecule has 0 saturated carbocycles. The summed E-state index contributed by atoms with van der Waals surface area (Å²) in [6.07, 6.45) is -2.10. The minimum atomic E-state index is -4.55. The topological polar surface area (TPSA) is 87.4 Å². The molecule has 1 amide bonds. The maximum absolute atomic E-state index is 13.8. The van der Waals surface area contributed by atoms with E-state index in [-0.39, 0.29) is 17.2 Å². The zero-order valence-corrected chi connectivity index (χ0v) is 23.2. The maximum atomic E-state index is 13.8. The van der Waals surface area contributed by atoms with Crippen LogP contribution in [0.15, 0.2) is 54.7 Å². The maximum Gasteiger partial charge on any atom is 0.416 e. The van der Waals surface area contributed by atoms with Gasteiger partial charge in [0, 0.05) is 30.7 Å². The van der Waals surface area contributed by atoms with Crippen molar-refractivity contribution in [2.75, 3.05) is 50.2 Å². The predicted octanol–water partition coefficient (Wildman–Crippen LogP) is 6.15. The van der Waals surface area contributed by atoms with Gasteiger partial charge in [0.05, 0.1) is 22.5 Å². The summed E-state index contributed by atoms with van der Waals surface area (Å²) in [4.78, 5) is 25.7. The number of alkyl halides is 3. The highest BCUT2D eigenvalue weighted by atomic mass is 19.4. The molecule has 0 saturated heterocycles. The van der Waals surface area contributed by atoms with Crippen molar-refractivity contribution >= 4 is 34.1 Å². The van der Waals surface area contributed by atoms with Gasteiger partial charge < -0.3 is 20.9 Å². The SMILES string of the molecule is Cc1ccc(C(=O)Nc2c(N(C)CCCN(C)C)ccc(C(F)(F)F)c2C)cc1-c1ccc2nc(N)ncc2c1. The second-order valence-electron chi connectivity index (χ2n) is 10.2. The number of anilines is 3. The largest absolute Gasteiger partial charge is 0.416 e. The van der Waals surface area contributed by atoms with Crippen molar-refractivity contribution in [3.8, 4) is 11.1 Å². The Balaban J connectivity index is 1.69. The van der Waals surface area contributed by atoms with Gasteiger partial charge in [0.25, 0.3) is 5.91 Å². The number of hydrogen-bond acceptors (Lipinski definition) is 6. The lowest BCUT2D eigenvalue weighted by molar-refractivity contribution is -0.138. The van der Waals surface area contributed by atoms with Crippen LogP contribution in [0.2, 0.25) is 0 Å². The number of benzene rings is 3. The number of carbonyl (C=O) groups excluding carboxylic acids is 1. The van der Waals surface area contributed by atoms with Gasteiger partial charge in [-0.25, -0.2) is 9.97 Å². The first-order valence-electron chi connectivity index (χ1n) is 12.9. The summed E-state index contributed by atoms with van der Waals surface area (Å²) in [6, 6.07) is 13.4. The van der Waals surface area contributed by atoms with Crippen molar-refractivity contribution in [2.45, 2.75) is 26.4 Å². The first-order valence-corrected chi connectivity index (χ1v) is 12.9. The molecule has 0 aliphatic carbocycles. The quantitative estimate of drug-likeness (QED) is 0.274. The van der Waals surface area contributed by atoms with Crippen LogP contribution in [0.4, 0.5) is 30.5 Å². The average Bonchev–Trinajstić information content (AvgIpc) is 2.88. The van der Waals surface area contributed by atoms with E-state index in [1.54, 1.807) is 18.3 Å². The van der Waals surface area contributed by atoms with Crippen LogP contribution < -0.4 is 16.0 Å². The lowest BCUT2D eigenvalue weighted by Gasteiger charge is -2.26. The molecule has 3 aromatic carbocycles. The zero-order chi connectivity index (χ0) is 29.2. The molecule has 0 spiro atoms. The van der Waals surface area contributed by atoms with Gasteiger partial charge in [0.1, 0.15) is 0 Å². The summed E-state index contributed by atoms with van der Waals surface area (Å²) in [6.45, 7) is 4.75. The van der Waals surface area contributed by atoms with Crippen LogP contribution >= 0.6 is 0 Å². The molecule has 40 heavy (non-hydrogen) atoms. The van der Waals surface area contributed by atoms with Gasteiger partial charge in [-0.2, -0.15) is 13.2 Å². The fraction of sp³-hybridized carbons (Fsp3) is 0.300. The van der Waals surface area contributed by atoms with Crippen LogP contribution in [-0.4, -0.2) is 55.0 Å². The van der Waals surface area contributed by atoms with E-state index in [1.807, 2.05) is 62.1 Å². The third-order valence-corrected chi connectivity index (χ3v) is 6.91. The Kier molecular flexibility index (Phi) is 8.29. The van der Waals surface area contributed by atoms with Gasteiger partial charge in [0.15, 0.2) is 0 Å². The normalized spacial score (nSPS) is 11.7. The predicted molar refractivity (Wildman–Crippen MR) is 155 cm³/mol. The molecule has 4 aromatic rings. The van der Waals surface area contributed by atoms with Gasteiger partial charge in [-0.05, 0) is 99.6 Å². The molecule has 0 aliphatic heterocycles. The molecule has 0 aliphatic rings. The molecule has 0 bridgehead atoms. The molecule has 0 atom stereocenters. The second kappa shape index (κ2) is 11.5. The minimum Gasteiger partial charge on any atom is -0.373 e. The number of nitrogens with zero attached hydrogens (tertiary/aromatic N) is 4. The second-order valence-corrected chi connectivity index (χ2v) is 10.2. The Morgan fingerprint density at radius 1 is 1.00 bits per heavy atom. The van der Waals surface area contributed by atoms with Gasteiger partial charge in [-0.15, -0.1) is 0 Å². The first-order chi connectivity index (χ1) is 18.8. The number of rotatable bonds is 8. The van der Waals surface area contributed by atoms with Crippen molar-refractivity contribution in [2.24, 2.45) is 0 Å². The highest BCUT2D eigenvalue weighted by Crippen LogP contribution is 2.39. The summed E-state index contributed by atoms with van der Waals surface area (Å²) >= 11 is 0. The van der Waals surface area contributed by atoms with E-state index in [9.17, 15) is 18.0 Å². The average molecular weight is 551 g/mol. The molecule has 3 N–H and O–H groups in total. The van der Waals surface area contributed by atoms with Gasteiger partial charge in [0.2, 0.25) is 5.95 Å². The van der Waals surface area contributed by atoms with E-state index in [0.29, 0.717) is 23.3 Å². The zero-order valence-electron chi connectivity index (χ0n) is 23.2. The highest BCUT2D eigenvalue weighted by Gasteiger charge is 2.34. The third-order valence-electron chi connectivity index (χ3n) is 6.91. The van der Waals surface area contributed by atoms with E-state index in [4.69, 9.17) is 5.73 Å². The smallest absolute Gasteiger partial charge is 0.373 e. The van der Waals surface area contributed by atoms with Crippen LogP contribution in [-0.2, 0) is 6.18 Å². The fourth-order valence-corrected chi connectivity index (χ4v) is 4.70. The molecule has 0 unspecified atom stereocenters. The van der Waals surface area contributed by atoms with Gasteiger partial charge >= 0.3 is 6.18 Å². The van der Waals surface area contributed by atoms with Crippen LogP contribution in [0.25, 0.3) is 22.0 Å². The summed E-state index contributed by atoms with van der Waals surface area (Å²) in [5, 5.41) is 3.59. The third kappa shape index (κ3) is 6.34. The number of halogens is 3. The summed E-state index contributed by atoms with van der Waals surface area (Å²) in [5.74, 6) is -0.314. The number of fused-ring (bicyclic) bond motifs is 1. The molecular weight excluding hydrogens is 517 g/mol. The van der Waals surface area contributed by atoms with E-state index >= 15 is 0 Å². The van der Waals surface area contributed by atoms with Crippen molar-refractivity contribution in [1.29, 1.82) is 0 Å². The number of aromatic nitrogens is 2. The molecular formula is C30H33F3N6O. The molecule has 4 rings (SSSR count). The Morgan fingerprint density at radius 3 is 2.45 bits per heavy atom. The molecule has 1 aromatic heterocycles. The molecule has 0 fully saturated rings. The number of amides is 1. The molecule has 210 valence electrons. The van der Waals surface area contributed by atoms with Gasteiger partial charge in [-0.3, -0.25) is 4.79 Å². The highest BCUT2D eigenvalue weighted by molar-refractivity contribution is 6.07. The monoisotopic (exact) mass is 550 g/mol. The Hall–Kier alpha value is -4.18. The van der Waals surface area contributed by atoms with Crippen molar-refractivity contribution in [3.05, 3.63) is 77.0 Å². The van der Waals surface area contributed by atoms with E-state index in [0.717, 1.165) is 41.1 Å². The standard InChI is InChI=1S/C30H33F3N6O/c1-18-7-8-21(16-23(18)20-9-11-25-22(15-20)17-35-29(34)36-25)28(40)37-27-19(2)24(30(31,32)33)10-12-26(27)39(5)14-6-13-38(3)4/h7-12,15-17H,6,13-14H2,1-5H3,(H,37,40)(H2,34,35,36). The van der Waals surface area contributed by atoms with Crippen LogP contribution in [0.3, 0.4) is 0 Å². The lowest BCUT2D eigenvalue weighted by Crippen LogP contribution is -2.26. The van der Waals surface area contributed by atoms with Crippen molar-refractivity contribution in [1.82, 2.24) is 14.9 Å². The number of nitrogens with one attached hydrogen (secondary N) is 1. The Labute approximate surface area is 231 Å². The molecule has 7 nitrogen and oxygen atoms in total. The van der Waals surface area contributed by atoms with Crippen LogP contribution in [0.5, 0.6) is 0 Å². The lowest BCUT2D eigenvalue weighted by atomic mass is 9.96. The number of aryl methyl sites for hydroxylation is 1. The van der Waals surface area contributed by atoms with Crippen molar-refractivity contribution < 1.29 is 18.0 Å². The van der Waals surface area contributed by atoms with E-state index in [1.165, 1.54) is 13.0 Å². The number of carbonyl (C=O) groups is 1. The van der Waals surface area contributed by atoms with Crippen LogP contribution in [0, 0.1) is 13.8 Å². The summed E-state index contributed by atoms with van der Waals surface area (Å²) < 4.78 is 41.4. The Bertz CT molecular complexity index is 1550. The van der Waals surface area contributed by atoms with Crippen LogP contribution in [0.1, 0.15) is 33.5 Å². The fourth-order valence-electron chi connectivity index (χ4n) is 4.70. The van der Waals surface area contributed by atoms with Gasteiger partial charge in [-0.1, -0.05) is 12.1 Å². The molecule has 0 radical (unpaired) electrons. The van der Waals surface area contributed by atoms with E-state index < -0.39 is 17.6 Å². The summed E-state index contributed by atoms with van der Waals surface area (Å²) in [5.41, 5.74) is 9.18. The number of nitrogens with two attached hydrogens (primary N) is 1. The minimum absolute atomic E-state index is 0.0288. The van der Waals surface area contributed by atoms with E-state index in [2.05, 4.69) is 15.3 Å². The van der Waals surface area contributed by atoms with Crippen molar-refractivity contribution in [3.63, 3.8) is 0 Å². The molecule has 1 heterocycles. The summed E-state index contributed by atoms with van der Waals surface area (Å²) in [7, 11) is 5.74. The number of nitrogen functional groups attached to an aromatic ring is 1. The Morgan fingerprint density at radius 2 is 1.75 bits per heavy atom. The molecule has 10 heteroatoms.